The van der Waals surface area contributed by atoms with Gasteiger partial charge >= 0.3 is 5.97 Å². The standard InChI is InChI=1S/C14H19NO3/c1-3-14(4-2,13(17)18)9-12(16)10-5-7-11(15)8-6-10/h5-8H,3-4,9,15H2,1-2H3,(H,17,18). The number of rotatable bonds is 6. The average Bonchev–Trinajstić information content (AvgIpc) is 2.36. The minimum absolute atomic E-state index is 0.0270. The molecule has 4 nitrogen and oxygen atoms in total. The molecule has 0 saturated heterocycles. The van der Waals surface area contributed by atoms with Crippen LogP contribution in [-0.4, -0.2) is 16.9 Å². The molecular formula is C14H19NO3. The van der Waals surface area contributed by atoms with Gasteiger partial charge < -0.3 is 10.8 Å². The summed E-state index contributed by atoms with van der Waals surface area (Å²) in [6.45, 7) is 3.60. The van der Waals surface area contributed by atoms with Crippen molar-refractivity contribution in [3.63, 3.8) is 0 Å². The SMILES string of the molecule is CCC(CC)(CC(=O)c1ccc(N)cc1)C(=O)O. The number of carboxylic acids is 1. The topological polar surface area (TPSA) is 80.4 Å². The number of carbonyl (C=O) groups is 2. The van der Waals surface area contributed by atoms with E-state index < -0.39 is 11.4 Å². The molecule has 0 aliphatic carbocycles. The molecule has 3 N–H and O–H groups in total. The highest BCUT2D eigenvalue weighted by atomic mass is 16.4. The molecule has 0 spiro atoms. The number of carbonyl (C=O) groups excluding carboxylic acids is 1. The number of hydrogen-bond donors (Lipinski definition) is 2. The number of benzene rings is 1. The van der Waals surface area contributed by atoms with Gasteiger partial charge in [0.2, 0.25) is 0 Å². The van der Waals surface area contributed by atoms with Crippen molar-refractivity contribution in [1.82, 2.24) is 0 Å². The Morgan fingerprint density at radius 2 is 1.67 bits per heavy atom. The Kier molecular flexibility index (Phi) is 4.48. The van der Waals surface area contributed by atoms with Gasteiger partial charge in [-0.3, -0.25) is 9.59 Å². The van der Waals surface area contributed by atoms with Gasteiger partial charge in [0, 0.05) is 17.7 Å². The molecule has 0 unspecified atom stereocenters. The summed E-state index contributed by atoms with van der Waals surface area (Å²) in [5, 5.41) is 9.29. The van der Waals surface area contributed by atoms with Gasteiger partial charge in [-0.15, -0.1) is 0 Å². The van der Waals surface area contributed by atoms with Gasteiger partial charge in [-0.2, -0.15) is 0 Å². The van der Waals surface area contributed by atoms with Crippen molar-refractivity contribution in [2.45, 2.75) is 33.1 Å². The third-order valence-corrected chi connectivity index (χ3v) is 3.54. The van der Waals surface area contributed by atoms with Crippen molar-refractivity contribution in [2.75, 3.05) is 5.73 Å². The third kappa shape index (κ3) is 2.88. The highest BCUT2D eigenvalue weighted by Crippen LogP contribution is 2.32. The molecule has 0 aliphatic rings. The molecule has 1 rings (SSSR count). The lowest BCUT2D eigenvalue weighted by Crippen LogP contribution is -2.32. The van der Waals surface area contributed by atoms with Crippen LogP contribution in [0.3, 0.4) is 0 Å². The zero-order chi connectivity index (χ0) is 13.8. The summed E-state index contributed by atoms with van der Waals surface area (Å²) in [7, 11) is 0. The van der Waals surface area contributed by atoms with Crippen LogP contribution in [0.1, 0.15) is 43.5 Å². The molecule has 0 radical (unpaired) electrons. The van der Waals surface area contributed by atoms with E-state index in [0.29, 0.717) is 24.1 Å². The Labute approximate surface area is 107 Å². The van der Waals surface area contributed by atoms with Gasteiger partial charge in [0.15, 0.2) is 5.78 Å². The first-order valence-electron chi connectivity index (χ1n) is 6.07. The van der Waals surface area contributed by atoms with Crippen LogP contribution in [0.4, 0.5) is 5.69 Å². The monoisotopic (exact) mass is 249 g/mol. The summed E-state index contributed by atoms with van der Waals surface area (Å²) in [5.41, 5.74) is 5.69. The second-order valence-electron chi connectivity index (χ2n) is 4.51. The van der Waals surface area contributed by atoms with Crippen LogP contribution < -0.4 is 5.73 Å². The van der Waals surface area contributed by atoms with E-state index in [0.717, 1.165) is 0 Å². The molecule has 98 valence electrons. The van der Waals surface area contributed by atoms with Gasteiger partial charge in [-0.25, -0.2) is 0 Å². The van der Waals surface area contributed by atoms with E-state index in [2.05, 4.69) is 0 Å². The second kappa shape index (κ2) is 5.67. The highest BCUT2D eigenvalue weighted by molar-refractivity contribution is 5.99. The predicted molar refractivity (Wildman–Crippen MR) is 70.5 cm³/mol. The highest BCUT2D eigenvalue weighted by Gasteiger charge is 2.37. The van der Waals surface area contributed by atoms with Gasteiger partial charge in [-0.05, 0) is 37.1 Å². The number of nitrogen functional groups attached to an aromatic ring is 1. The lowest BCUT2D eigenvalue weighted by Gasteiger charge is -2.25. The van der Waals surface area contributed by atoms with E-state index >= 15 is 0 Å². The van der Waals surface area contributed by atoms with E-state index in [9.17, 15) is 14.7 Å². The number of carboxylic acid groups (broad SMARTS) is 1. The number of aliphatic carboxylic acids is 1. The smallest absolute Gasteiger partial charge is 0.310 e. The molecule has 0 fully saturated rings. The fraction of sp³-hybridized carbons (Fsp3) is 0.429. The summed E-state index contributed by atoms with van der Waals surface area (Å²) >= 11 is 0. The molecule has 0 amide bonds. The first kappa shape index (κ1) is 14.2. The molecule has 1 aromatic carbocycles. The Morgan fingerprint density at radius 1 is 1.17 bits per heavy atom. The van der Waals surface area contributed by atoms with Crippen LogP contribution in [0.5, 0.6) is 0 Å². The minimum Gasteiger partial charge on any atom is -0.481 e. The quantitative estimate of drug-likeness (QED) is 0.600. The molecule has 18 heavy (non-hydrogen) atoms. The first-order chi connectivity index (χ1) is 8.45. The van der Waals surface area contributed by atoms with E-state index in [-0.39, 0.29) is 12.2 Å². The molecule has 0 heterocycles. The fourth-order valence-corrected chi connectivity index (χ4v) is 1.96. The number of hydrogen-bond acceptors (Lipinski definition) is 3. The zero-order valence-electron chi connectivity index (χ0n) is 10.8. The Morgan fingerprint density at radius 3 is 2.06 bits per heavy atom. The van der Waals surface area contributed by atoms with Crippen molar-refractivity contribution >= 4 is 17.4 Å². The Bertz CT molecular complexity index is 433. The van der Waals surface area contributed by atoms with Gasteiger partial charge in [0.25, 0.3) is 0 Å². The van der Waals surface area contributed by atoms with Gasteiger partial charge in [0.1, 0.15) is 0 Å². The van der Waals surface area contributed by atoms with Crippen molar-refractivity contribution in [2.24, 2.45) is 5.41 Å². The number of Topliss-reactive ketones (excluding diaryl/α,β-unsaturated/α-hetero) is 1. The molecular weight excluding hydrogens is 230 g/mol. The summed E-state index contributed by atoms with van der Waals surface area (Å²) in [6.07, 6.45) is 0.915. The molecule has 0 saturated carbocycles. The molecule has 0 aromatic heterocycles. The van der Waals surface area contributed by atoms with Crippen molar-refractivity contribution in [3.8, 4) is 0 Å². The zero-order valence-corrected chi connectivity index (χ0v) is 10.8. The van der Waals surface area contributed by atoms with Crippen LogP contribution in [0.2, 0.25) is 0 Å². The van der Waals surface area contributed by atoms with E-state index in [1.165, 1.54) is 0 Å². The van der Waals surface area contributed by atoms with Crippen LogP contribution in [0.15, 0.2) is 24.3 Å². The van der Waals surface area contributed by atoms with Crippen molar-refractivity contribution < 1.29 is 14.7 Å². The predicted octanol–water partition coefficient (Wildman–Crippen LogP) is 2.73. The van der Waals surface area contributed by atoms with Crippen LogP contribution in [0, 0.1) is 5.41 Å². The number of nitrogens with two attached hydrogens (primary N) is 1. The summed E-state index contributed by atoms with van der Waals surface area (Å²) in [4.78, 5) is 23.4. The summed E-state index contributed by atoms with van der Waals surface area (Å²) in [5.74, 6) is -1.06. The summed E-state index contributed by atoms with van der Waals surface area (Å²) in [6, 6.07) is 6.56. The van der Waals surface area contributed by atoms with Gasteiger partial charge in [-0.1, -0.05) is 13.8 Å². The maximum absolute atomic E-state index is 12.1. The van der Waals surface area contributed by atoms with Crippen LogP contribution in [-0.2, 0) is 4.79 Å². The molecule has 4 heteroatoms. The van der Waals surface area contributed by atoms with E-state index in [4.69, 9.17) is 5.73 Å². The lowest BCUT2D eigenvalue weighted by molar-refractivity contribution is -0.149. The average molecular weight is 249 g/mol. The number of anilines is 1. The maximum Gasteiger partial charge on any atom is 0.310 e. The first-order valence-corrected chi connectivity index (χ1v) is 6.07. The van der Waals surface area contributed by atoms with E-state index in [1.54, 1.807) is 38.1 Å². The maximum atomic E-state index is 12.1. The normalized spacial score (nSPS) is 11.2. The van der Waals surface area contributed by atoms with Gasteiger partial charge in [0.05, 0.1) is 5.41 Å². The molecule has 0 bridgehead atoms. The molecule has 1 aromatic rings. The van der Waals surface area contributed by atoms with Crippen LogP contribution in [0.25, 0.3) is 0 Å². The minimum atomic E-state index is -0.960. The second-order valence-corrected chi connectivity index (χ2v) is 4.51. The van der Waals surface area contributed by atoms with Crippen molar-refractivity contribution in [3.05, 3.63) is 29.8 Å². The fourth-order valence-electron chi connectivity index (χ4n) is 1.96. The van der Waals surface area contributed by atoms with E-state index in [1.807, 2.05) is 0 Å². The Balaban J connectivity index is 2.91. The largest absolute Gasteiger partial charge is 0.481 e. The molecule has 0 aliphatic heterocycles. The Hall–Kier alpha value is -1.84. The third-order valence-electron chi connectivity index (χ3n) is 3.54. The van der Waals surface area contributed by atoms with Crippen LogP contribution >= 0.6 is 0 Å². The van der Waals surface area contributed by atoms with Crippen molar-refractivity contribution in [1.29, 1.82) is 0 Å². The summed E-state index contributed by atoms with van der Waals surface area (Å²) < 4.78 is 0. The lowest BCUT2D eigenvalue weighted by atomic mass is 9.77. The molecule has 0 atom stereocenters. The number of ketones is 1.